The largest absolute Gasteiger partial charge is 0.512 e. The van der Waals surface area contributed by atoms with Crippen LogP contribution in [0.3, 0.4) is 0 Å². The summed E-state index contributed by atoms with van der Waals surface area (Å²) in [5.74, 6) is -0.455. The number of aliphatic hydroxyl groups is 1. The molecule has 0 aromatic heterocycles. The van der Waals surface area contributed by atoms with Crippen LogP contribution in [0, 0.1) is 0 Å². The third-order valence-electron chi connectivity index (χ3n) is 3.07. The first-order chi connectivity index (χ1) is 9.16. The molecule has 3 nitrogen and oxygen atoms in total. The molecule has 0 aliphatic carbocycles. The Morgan fingerprint density at radius 1 is 0.947 bits per heavy atom. The Hall–Kier alpha value is -0.990. The zero-order valence-corrected chi connectivity index (χ0v) is 12.6. The normalized spacial score (nSPS) is 11.6. The number of esters is 1. The van der Waals surface area contributed by atoms with Crippen molar-refractivity contribution in [3.05, 3.63) is 11.8 Å². The third-order valence-corrected chi connectivity index (χ3v) is 3.07. The molecule has 0 rings (SSSR count). The van der Waals surface area contributed by atoms with Crippen LogP contribution in [-0.2, 0) is 9.53 Å². The van der Waals surface area contributed by atoms with E-state index in [1.54, 1.807) is 0 Å². The summed E-state index contributed by atoms with van der Waals surface area (Å²) in [6, 6.07) is 0. The Balaban J connectivity index is 3.15. The van der Waals surface area contributed by atoms with Gasteiger partial charge in [0, 0.05) is 0 Å². The lowest BCUT2D eigenvalue weighted by Crippen LogP contribution is -2.03. The van der Waals surface area contributed by atoms with E-state index in [0.717, 1.165) is 18.9 Å². The molecule has 0 atom stereocenters. The van der Waals surface area contributed by atoms with Crippen LogP contribution in [0.5, 0.6) is 0 Å². The summed E-state index contributed by atoms with van der Waals surface area (Å²) in [5.41, 5.74) is 0. The van der Waals surface area contributed by atoms with Crippen molar-refractivity contribution in [1.82, 2.24) is 0 Å². The minimum absolute atomic E-state index is 0.00641. The minimum atomic E-state index is -0.448. The molecule has 0 saturated carbocycles. The number of allylic oxidation sites excluding steroid dienone is 1. The van der Waals surface area contributed by atoms with Gasteiger partial charge in [-0.05, 0) is 13.3 Å². The molecular weight excluding hydrogens is 240 g/mol. The van der Waals surface area contributed by atoms with Gasteiger partial charge in [0.15, 0.2) is 0 Å². The van der Waals surface area contributed by atoms with E-state index in [-0.39, 0.29) is 5.76 Å². The molecule has 0 heterocycles. The average Bonchev–Trinajstić information content (AvgIpc) is 2.35. The maximum Gasteiger partial charge on any atom is 0.334 e. The Kier molecular flexibility index (Phi) is 12.7. The highest BCUT2D eigenvalue weighted by Gasteiger charge is 1.98. The van der Waals surface area contributed by atoms with E-state index < -0.39 is 5.97 Å². The summed E-state index contributed by atoms with van der Waals surface area (Å²) in [6.07, 6.45) is 13.8. The lowest BCUT2D eigenvalue weighted by molar-refractivity contribution is -0.138. The molecule has 0 spiro atoms. The van der Waals surface area contributed by atoms with Crippen molar-refractivity contribution in [1.29, 1.82) is 0 Å². The Labute approximate surface area is 118 Å². The monoisotopic (exact) mass is 270 g/mol. The highest BCUT2D eigenvalue weighted by molar-refractivity contribution is 5.82. The molecule has 0 saturated heterocycles. The van der Waals surface area contributed by atoms with E-state index in [4.69, 9.17) is 9.84 Å². The van der Waals surface area contributed by atoms with Crippen LogP contribution in [0.2, 0.25) is 0 Å². The van der Waals surface area contributed by atoms with Crippen molar-refractivity contribution in [2.75, 3.05) is 6.61 Å². The Morgan fingerprint density at radius 2 is 1.42 bits per heavy atom. The van der Waals surface area contributed by atoms with Gasteiger partial charge in [0.1, 0.15) is 0 Å². The number of carbonyl (C=O) groups excluding carboxylic acids is 1. The fraction of sp³-hybridized carbons (Fsp3) is 0.812. The number of rotatable bonds is 12. The van der Waals surface area contributed by atoms with E-state index >= 15 is 0 Å². The van der Waals surface area contributed by atoms with Crippen molar-refractivity contribution >= 4 is 5.97 Å². The van der Waals surface area contributed by atoms with E-state index in [2.05, 4.69) is 6.92 Å². The molecule has 112 valence electrons. The van der Waals surface area contributed by atoms with Gasteiger partial charge in [-0.25, -0.2) is 4.79 Å². The van der Waals surface area contributed by atoms with Gasteiger partial charge in [-0.15, -0.1) is 0 Å². The highest BCUT2D eigenvalue weighted by atomic mass is 16.5. The molecule has 0 unspecified atom stereocenters. The smallest absolute Gasteiger partial charge is 0.334 e. The standard InChI is InChI=1S/C16H30O3/c1-3-4-5-6-7-8-9-10-11-12-13-19-16(18)14-15(2)17/h14,17H,3-13H2,1-2H3/b15-14-. The summed E-state index contributed by atoms with van der Waals surface area (Å²) < 4.78 is 4.95. The number of hydrogen-bond acceptors (Lipinski definition) is 3. The maximum absolute atomic E-state index is 11.1. The van der Waals surface area contributed by atoms with Gasteiger partial charge in [0.25, 0.3) is 0 Å². The molecule has 0 radical (unpaired) electrons. The van der Waals surface area contributed by atoms with Gasteiger partial charge < -0.3 is 9.84 Å². The number of hydrogen-bond donors (Lipinski definition) is 1. The molecule has 0 bridgehead atoms. The van der Waals surface area contributed by atoms with Crippen molar-refractivity contribution in [3.63, 3.8) is 0 Å². The van der Waals surface area contributed by atoms with E-state index in [0.29, 0.717) is 6.61 Å². The fourth-order valence-corrected chi connectivity index (χ4v) is 1.97. The maximum atomic E-state index is 11.1. The molecule has 0 aliphatic heterocycles. The zero-order chi connectivity index (χ0) is 14.3. The van der Waals surface area contributed by atoms with Crippen LogP contribution >= 0.6 is 0 Å². The quantitative estimate of drug-likeness (QED) is 0.237. The van der Waals surface area contributed by atoms with Crippen LogP contribution in [0.1, 0.15) is 78.1 Å². The SMILES string of the molecule is CCCCCCCCCCCCOC(=O)/C=C(/C)O. The first-order valence-electron chi connectivity index (χ1n) is 7.70. The summed E-state index contributed by atoms with van der Waals surface area (Å²) >= 11 is 0. The van der Waals surface area contributed by atoms with Gasteiger partial charge in [-0.1, -0.05) is 64.7 Å². The zero-order valence-electron chi connectivity index (χ0n) is 12.6. The molecule has 0 aromatic carbocycles. The van der Waals surface area contributed by atoms with E-state index in [9.17, 15) is 4.79 Å². The van der Waals surface area contributed by atoms with Crippen LogP contribution in [-0.4, -0.2) is 17.7 Å². The summed E-state index contributed by atoms with van der Waals surface area (Å²) in [6.45, 7) is 4.16. The van der Waals surface area contributed by atoms with Gasteiger partial charge >= 0.3 is 5.97 Å². The molecule has 0 aliphatic rings. The number of unbranched alkanes of at least 4 members (excludes halogenated alkanes) is 9. The van der Waals surface area contributed by atoms with Gasteiger partial charge in [0.2, 0.25) is 0 Å². The predicted molar refractivity (Wildman–Crippen MR) is 79.2 cm³/mol. The number of carbonyl (C=O) groups is 1. The molecular formula is C16H30O3. The minimum Gasteiger partial charge on any atom is -0.512 e. The number of aliphatic hydroxyl groups excluding tert-OH is 1. The Bertz CT molecular complexity index is 242. The van der Waals surface area contributed by atoms with Gasteiger partial charge in [-0.3, -0.25) is 0 Å². The lowest BCUT2D eigenvalue weighted by atomic mass is 10.1. The summed E-state index contributed by atoms with van der Waals surface area (Å²) in [5, 5.41) is 8.86. The van der Waals surface area contributed by atoms with Crippen molar-refractivity contribution in [2.45, 2.75) is 78.1 Å². The van der Waals surface area contributed by atoms with E-state index in [1.165, 1.54) is 58.3 Å². The van der Waals surface area contributed by atoms with Gasteiger partial charge in [0.05, 0.1) is 18.4 Å². The molecule has 19 heavy (non-hydrogen) atoms. The highest BCUT2D eigenvalue weighted by Crippen LogP contribution is 2.10. The second-order valence-electron chi connectivity index (χ2n) is 5.14. The first kappa shape index (κ1) is 18.0. The summed E-state index contributed by atoms with van der Waals surface area (Å²) in [4.78, 5) is 11.1. The van der Waals surface area contributed by atoms with Gasteiger partial charge in [-0.2, -0.15) is 0 Å². The van der Waals surface area contributed by atoms with Crippen LogP contribution < -0.4 is 0 Å². The second-order valence-corrected chi connectivity index (χ2v) is 5.14. The predicted octanol–water partition coefficient (Wildman–Crippen LogP) is 4.91. The third kappa shape index (κ3) is 15.0. The lowest BCUT2D eigenvalue weighted by Gasteiger charge is -2.03. The Morgan fingerprint density at radius 3 is 1.89 bits per heavy atom. The first-order valence-corrected chi connectivity index (χ1v) is 7.70. The summed E-state index contributed by atoms with van der Waals surface area (Å²) in [7, 11) is 0. The molecule has 0 amide bonds. The topological polar surface area (TPSA) is 46.5 Å². The van der Waals surface area contributed by atoms with Crippen molar-refractivity contribution in [3.8, 4) is 0 Å². The average molecular weight is 270 g/mol. The van der Waals surface area contributed by atoms with Crippen LogP contribution in [0.4, 0.5) is 0 Å². The van der Waals surface area contributed by atoms with Crippen molar-refractivity contribution in [2.24, 2.45) is 0 Å². The molecule has 1 N–H and O–H groups in total. The fourth-order valence-electron chi connectivity index (χ4n) is 1.97. The number of ether oxygens (including phenoxy) is 1. The van der Waals surface area contributed by atoms with Crippen LogP contribution in [0.15, 0.2) is 11.8 Å². The molecule has 0 aromatic rings. The van der Waals surface area contributed by atoms with Crippen molar-refractivity contribution < 1.29 is 14.6 Å². The van der Waals surface area contributed by atoms with E-state index in [1.807, 2.05) is 0 Å². The molecule has 3 heteroatoms. The molecule has 0 fully saturated rings. The van der Waals surface area contributed by atoms with Crippen LogP contribution in [0.25, 0.3) is 0 Å². The second kappa shape index (κ2) is 13.4.